The van der Waals surface area contributed by atoms with E-state index >= 15 is 0 Å². The van der Waals surface area contributed by atoms with Gasteiger partial charge in [0, 0.05) is 0 Å². The maximum Gasteiger partial charge on any atom is -0.0132 e. The zero-order valence-corrected chi connectivity index (χ0v) is 8.89. The molecule has 0 bridgehead atoms. The van der Waals surface area contributed by atoms with E-state index in [-0.39, 0.29) is 5.41 Å². The van der Waals surface area contributed by atoms with Crippen molar-refractivity contribution in [3.8, 4) is 0 Å². The zero-order chi connectivity index (χ0) is 9.90. The molecule has 1 rings (SSSR count). The third kappa shape index (κ3) is 2.73. The van der Waals surface area contributed by atoms with Crippen LogP contribution in [0.4, 0.5) is 0 Å². The Morgan fingerprint density at radius 1 is 1.08 bits per heavy atom. The summed E-state index contributed by atoms with van der Waals surface area (Å²) in [7, 11) is 0. The Morgan fingerprint density at radius 2 is 1.62 bits per heavy atom. The van der Waals surface area contributed by atoms with Gasteiger partial charge in [-0.1, -0.05) is 51.1 Å². The molecule has 0 nitrogen and oxygen atoms in total. The second-order valence-corrected chi connectivity index (χ2v) is 4.26. The SMILES string of the molecule is C/C=[C]/c1ccc(C(C)(C)C)cc1. The number of hydrogen-bond donors (Lipinski definition) is 0. The van der Waals surface area contributed by atoms with Crippen molar-refractivity contribution in [3.63, 3.8) is 0 Å². The lowest BCUT2D eigenvalue weighted by atomic mass is 9.87. The molecule has 0 aromatic heterocycles. The molecule has 0 aliphatic heterocycles. The molecule has 0 unspecified atom stereocenters. The Balaban J connectivity index is 2.94. The van der Waals surface area contributed by atoms with E-state index in [0.29, 0.717) is 0 Å². The Kier molecular flexibility index (Phi) is 2.92. The van der Waals surface area contributed by atoms with Crippen molar-refractivity contribution in [2.45, 2.75) is 33.1 Å². The lowest BCUT2D eigenvalue weighted by Crippen LogP contribution is -2.10. The van der Waals surface area contributed by atoms with Crippen LogP contribution in [0.15, 0.2) is 30.3 Å². The van der Waals surface area contributed by atoms with Crippen LogP contribution in [-0.4, -0.2) is 0 Å². The molecular formula is C13H17. The van der Waals surface area contributed by atoms with E-state index in [9.17, 15) is 0 Å². The van der Waals surface area contributed by atoms with Crippen molar-refractivity contribution in [1.29, 1.82) is 0 Å². The predicted molar refractivity (Wildman–Crippen MR) is 57.7 cm³/mol. The predicted octanol–water partition coefficient (Wildman–Crippen LogP) is 3.71. The zero-order valence-electron chi connectivity index (χ0n) is 8.89. The van der Waals surface area contributed by atoms with Crippen LogP contribution >= 0.6 is 0 Å². The Labute approximate surface area is 81.3 Å². The molecule has 0 N–H and O–H groups in total. The fourth-order valence-corrected chi connectivity index (χ4v) is 1.23. The first kappa shape index (κ1) is 10.0. The standard InChI is InChI=1S/C13H17/c1-5-6-11-7-9-12(10-8-11)13(2,3)4/h5,7-10H,1-4H3. The minimum Gasteiger partial charge on any atom is -0.0792 e. The molecule has 0 spiro atoms. The van der Waals surface area contributed by atoms with Crippen molar-refractivity contribution >= 4 is 0 Å². The molecule has 0 atom stereocenters. The molecule has 13 heavy (non-hydrogen) atoms. The van der Waals surface area contributed by atoms with Crippen molar-refractivity contribution in [1.82, 2.24) is 0 Å². The summed E-state index contributed by atoms with van der Waals surface area (Å²) >= 11 is 0. The van der Waals surface area contributed by atoms with E-state index in [2.05, 4.69) is 51.1 Å². The third-order valence-corrected chi connectivity index (χ3v) is 2.06. The summed E-state index contributed by atoms with van der Waals surface area (Å²) in [5.74, 6) is 0. The number of hydrogen-bond acceptors (Lipinski definition) is 0. The normalized spacial score (nSPS) is 12.3. The summed E-state index contributed by atoms with van der Waals surface area (Å²) in [5, 5.41) is 0. The lowest BCUT2D eigenvalue weighted by molar-refractivity contribution is 0.590. The van der Waals surface area contributed by atoms with Crippen LogP contribution in [0.5, 0.6) is 0 Å². The van der Waals surface area contributed by atoms with Gasteiger partial charge < -0.3 is 0 Å². The fraction of sp³-hybridized carbons (Fsp3) is 0.385. The van der Waals surface area contributed by atoms with Gasteiger partial charge in [-0.15, -0.1) is 0 Å². The van der Waals surface area contributed by atoms with Crippen LogP contribution in [0.3, 0.4) is 0 Å². The first-order chi connectivity index (χ1) is 6.04. The van der Waals surface area contributed by atoms with Gasteiger partial charge in [0.1, 0.15) is 0 Å². The summed E-state index contributed by atoms with van der Waals surface area (Å²) in [6.07, 6.45) is 5.10. The molecule has 0 aliphatic rings. The van der Waals surface area contributed by atoms with Gasteiger partial charge in [-0.25, -0.2) is 0 Å². The molecule has 0 amide bonds. The van der Waals surface area contributed by atoms with Crippen molar-refractivity contribution in [2.24, 2.45) is 0 Å². The molecule has 0 heterocycles. The van der Waals surface area contributed by atoms with Crippen molar-refractivity contribution < 1.29 is 0 Å². The molecule has 0 aliphatic carbocycles. The third-order valence-electron chi connectivity index (χ3n) is 2.06. The largest absolute Gasteiger partial charge is 0.0792 e. The van der Waals surface area contributed by atoms with Crippen LogP contribution in [0.1, 0.15) is 38.8 Å². The maximum absolute atomic E-state index is 3.16. The highest BCUT2D eigenvalue weighted by Crippen LogP contribution is 2.22. The molecule has 69 valence electrons. The van der Waals surface area contributed by atoms with Gasteiger partial charge in [-0.05, 0) is 29.5 Å². The molecule has 0 saturated carbocycles. The van der Waals surface area contributed by atoms with Crippen molar-refractivity contribution in [2.75, 3.05) is 0 Å². The summed E-state index contributed by atoms with van der Waals surface area (Å²) in [5.41, 5.74) is 2.76. The van der Waals surface area contributed by atoms with Gasteiger partial charge in [0.2, 0.25) is 0 Å². The summed E-state index contributed by atoms with van der Waals surface area (Å²) in [6.45, 7) is 8.65. The molecular weight excluding hydrogens is 156 g/mol. The van der Waals surface area contributed by atoms with E-state index in [1.54, 1.807) is 0 Å². The summed E-state index contributed by atoms with van der Waals surface area (Å²) < 4.78 is 0. The van der Waals surface area contributed by atoms with E-state index < -0.39 is 0 Å². The Bertz CT molecular complexity index is 283. The Morgan fingerprint density at radius 3 is 2.00 bits per heavy atom. The quantitative estimate of drug-likeness (QED) is 0.607. The second-order valence-electron chi connectivity index (χ2n) is 4.26. The van der Waals surface area contributed by atoms with Crippen LogP contribution in [0.25, 0.3) is 0 Å². The van der Waals surface area contributed by atoms with Gasteiger partial charge in [0.05, 0.1) is 0 Å². The van der Waals surface area contributed by atoms with Gasteiger partial charge >= 0.3 is 0 Å². The summed E-state index contributed by atoms with van der Waals surface area (Å²) in [4.78, 5) is 0. The van der Waals surface area contributed by atoms with E-state index in [4.69, 9.17) is 0 Å². The highest BCUT2D eigenvalue weighted by atomic mass is 14.2. The van der Waals surface area contributed by atoms with Gasteiger partial charge in [-0.2, -0.15) is 0 Å². The van der Waals surface area contributed by atoms with E-state index in [0.717, 1.165) is 5.56 Å². The van der Waals surface area contributed by atoms with Crippen LogP contribution in [0.2, 0.25) is 0 Å². The molecule has 0 fully saturated rings. The molecule has 1 aromatic rings. The lowest BCUT2D eigenvalue weighted by Gasteiger charge is -2.18. The molecule has 1 radical (unpaired) electrons. The van der Waals surface area contributed by atoms with E-state index in [1.807, 2.05) is 13.0 Å². The van der Waals surface area contributed by atoms with Gasteiger partial charge in [0.15, 0.2) is 0 Å². The van der Waals surface area contributed by atoms with E-state index in [1.165, 1.54) is 5.56 Å². The highest BCUT2D eigenvalue weighted by Gasteiger charge is 2.12. The smallest absolute Gasteiger partial charge is 0.0132 e. The average molecular weight is 173 g/mol. The highest BCUT2D eigenvalue weighted by molar-refractivity contribution is 5.30. The summed E-state index contributed by atoms with van der Waals surface area (Å²) in [6, 6.07) is 8.57. The second kappa shape index (κ2) is 3.78. The molecule has 1 aromatic carbocycles. The van der Waals surface area contributed by atoms with Gasteiger partial charge in [-0.3, -0.25) is 0 Å². The maximum atomic E-state index is 3.16. The van der Waals surface area contributed by atoms with Crippen LogP contribution in [0, 0.1) is 6.08 Å². The topological polar surface area (TPSA) is 0 Å². The fourth-order valence-electron chi connectivity index (χ4n) is 1.23. The number of benzene rings is 1. The van der Waals surface area contributed by atoms with Crippen molar-refractivity contribution in [3.05, 3.63) is 47.5 Å². The monoisotopic (exact) mass is 173 g/mol. The molecule has 0 heteroatoms. The van der Waals surface area contributed by atoms with Gasteiger partial charge in [0.25, 0.3) is 0 Å². The Hall–Kier alpha value is -1.04. The average Bonchev–Trinajstić information content (AvgIpc) is 2.04. The number of rotatable bonds is 1. The minimum absolute atomic E-state index is 0.245. The first-order valence-electron chi connectivity index (χ1n) is 4.69. The first-order valence-corrected chi connectivity index (χ1v) is 4.69. The van der Waals surface area contributed by atoms with Crippen LogP contribution in [-0.2, 0) is 5.41 Å². The minimum atomic E-state index is 0.245. The number of allylic oxidation sites excluding steroid dienone is 1. The molecule has 0 saturated heterocycles. The van der Waals surface area contributed by atoms with Crippen LogP contribution < -0.4 is 0 Å².